The molecule has 1 aromatic heterocycles. The summed E-state index contributed by atoms with van der Waals surface area (Å²) in [5.41, 5.74) is 0.963. The topological polar surface area (TPSA) is 63.6 Å². The number of sulfonamides is 1. The second kappa shape index (κ2) is 6.48. The third-order valence-corrected chi connectivity index (χ3v) is 5.46. The van der Waals surface area contributed by atoms with E-state index in [4.69, 9.17) is 4.74 Å². The van der Waals surface area contributed by atoms with Gasteiger partial charge in [-0.3, -0.25) is 0 Å². The van der Waals surface area contributed by atoms with Crippen LogP contribution in [0.2, 0.25) is 0 Å². The van der Waals surface area contributed by atoms with Crippen LogP contribution in [0.1, 0.15) is 26.5 Å². The monoisotopic (exact) mass is 315 g/mol. The van der Waals surface area contributed by atoms with Gasteiger partial charge in [0.2, 0.25) is 10.0 Å². The standard InChI is InChI=1S/C14H25N3O3S/c1-5-15-7-13-6-14(10-16(13)4)21(18,19)17-8-11(2)20-12(3)9-17/h6,10-12,15H,5,7-9H2,1-4H3/t11-,12+. The minimum Gasteiger partial charge on any atom is -0.373 e. The van der Waals surface area contributed by atoms with Gasteiger partial charge in [0.15, 0.2) is 0 Å². The fourth-order valence-corrected chi connectivity index (χ4v) is 4.31. The highest BCUT2D eigenvalue weighted by molar-refractivity contribution is 7.89. The lowest BCUT2D eigenvalue weighted by Crippen LogP contribution is -2.48. The molecule has 2 heterocycles. The largest absolute Gasteiger partial charge is 0.373 e. The second-order valence-corrected chi connectivity index (χ2v) is 7.58. The van der Waals surface area contributed by atoms with E-state index in [1.807, 2.05) is 32.4 Å². The molecule has 0 saturated carbocycles. The van der Waals surface area contributed by atoms with Gasteiger partial charge in [-0.1, -0.05) is 6.92 Å². The van der Waals surface area contributed by atoms with Gasteiger partial charge < -0.3 is 14.6 Å². The fourth-order valence-electron chi connectivity index (χ4n) is 2.62. The van der Waals surface area contributed by atoms with Crippen molar-refractivity contribution in [3.63, 3.8) is 0 Å². The molecular formula is C14H25N3O3S. The van der Waals surface area contributed by atoms with Crippen LogP contribution in [-0.2, 0) is 28.4 Å². The Morgan fingerprint density at radius 2 is 1.95 bits per heavy atom. The molecule has 7 heteroatoms. The van der Waals surface area contributed by atoms with Gasteiger partial charge in [-0.2, -0.15) is 4.31 Å². The van der Waals surface area contributed by atoms with Crippen LogP contribution in [0.3, 0.4) is 0 Å². The maximum Gasteiger partial charge on any atom is 0.244 e. The molecule has 1 aliphatic heterocycles. The van der Waals surface area contributed by atoms with Crippen molar-refractivity contribution in [1.29, 1.82) is 0 Å². The van der Waals surface area contributed by atoms with Gasteiger partial charge in [0.25, 0.3) is 0 Å². The number of aromatic nitrogens is 1. The molecule has 1 aromatic rings. The zero-order valence-electron chi connectivity index (χ0n) is 13.2. The SMILES string of the molecule is CCNCc1cc(S(=O)(=O)N2C[C@@H](C)O[C@@H](C)C2)cn1C. The van der Waals surface area contributed by atoms with E-state index in [9.17, 15) is 8.42 Å². The number of morpholine rings is 1. The lowest BCUT2D eigenvalue weighted by molar-refractivity contribution is -0.0440. The van der Waals surface area contributed by atoms with Gasteiger partial charge in [0.1, 0.15) is 4.90 Å². The smallest absolute Gasteiger partial charge is 0.244 e. The van der Waals surface area contributed by atoms with Crippen molar-refractivity contribution in [2.24, 2.45) is 7.05 Å². The van der Waals surface area contributed by atoms with E-state index < -0.39 is 10.0 Å². The first kappa shape index (κ1) is 16.5. The number of hydrogen-bond donors (Lipinski definition) is 1. The summed E-state index contributed by atoms with van der Waals surface area (Å²) in [5, 5.41) is 3.21. The van der Waals surface area contributed by atoms with Crippen LogP contribution in [0, 0.1) is 0 Å². The van der Waals surface area contributed by atoms with Crippen LogP contribution in [-0.4, -0.2) is 49.1 Å². The molecule has 1 aliphatic rings. The zero-order chi connectivity index (χ0) is 15.6. The van der Waals surface area contributed by atoms with Gasteiger partial charge >= 0.3 is 0 Å². The van der Waals surface area contributed by atoms with Crippen LogP contribution < -0.4 is 5.32 Å². The maximum atomic E-state index is 12.8. The Morgan fingerprint density at radius 1 is 1.33 bits per heavy atom. The van der Waals surface area contributed by atoms with E-state index >= 15 is 0 Å². The summed E-state index contributed by atoms with van der Waals surface area (Å²) in [4.78, 5) is 0.360. The summed E-state index contributed by atoms with van der Waals surface area (Å²) in [6.07, 6.45) is 1.54. The van der Waals surface area contributed by atoms with E-state index in [0.29, 0.717) is 24.5 Å². The summed E-state index contributed by atoms with van der Waals surface area (Å²) in [6.45, 7) is 8.16. The van der Waals surface area contributed by atoms with E-state index in [1.54, 1.807) is 12.3 Å². The maximum absolute atomic E-state index is 12.8. The average molecular weight is 315 g/mol. The van der Waals surface area contributed by atoms with Crippen molar-refractivity contribution in [2.45, 2.75) is 44.4 Å². The van der Waals surface area contributed by atoms with Crippen molar-refractivity contribution < 1.29 is 13.2 Å². The number of nitrogens with zero attached hydrogens (tertiary/aromatic N) is 2. The van der Waals surface area contributed by atoms with Crippen LogP contribution >= 0.6 is 0 Å². The van der Waals surface area contributed by atoms with E-state index in [0.717, 1.165) is 12.2 Å². The Kier molecular flexibility index (Phi) is 5.08. The molecule has 0 amide bonds. The summed E-state index contributed by atoms with van der Waals surface area (Å²) in [7, 11) is -1.58. The van der Waals surface area contributed by atoms with E-state index in [2.05, 4.69) is 5.32 Å². The summed E-state index contributed by atoms with van der Waals surface area (Å²) < 4.78 is 34.5. The van der Waals surface area contributed by atoms with E-state index in [1.165, 1.54) is 4.31 Å². The predicted octanol–water partition coefficient (Wildman–Crippen LogP) is 0.932. The molecule has 0 unspecified atom stereocenters. The van der Waals surface area contributed by atoms with Gasteiger partial charge in [-0.05, 0) is 26.5 Å². The molecule has 2 rings (SSSR count). The third kappa shape index (κ3) is 3.66. The first-order valence-corrected chi connectivity index (χ1v) is 8.80. The lowest BCUT2D eigenvalue weighted by Gasteiger charge is -2.34. The molecule has 1 N–H and O–H groups in total. The quantitative estimate of drug-likeness (QED) is 0.878. The van der Waals surface area contributed by atoms with Gasteiger partial charge in [0, 0.05) is 38.6 Å². The molecule has 21 heavy (non-hydrogen) atoms. The van der Waals surface area contributed by atoms with Crippen LogP contribution in [0.4, 0.5) is 0 Å². The minimum absolute atomic E-state index is 0.0755. The molecule has 0 bridgehead atoms. The number of nitrogens with one attached hydrogen (secondary N) is 1. The normalized spacial score (nSPS) is 24.4. The van der Waals surface area contributed by atoms with Crippen LogP contribution in [0.5, 0.6) is 0 Å². The van der Waals surface area contributed by atoms with Crippen LogP contribution in [0.25, 0.3) is 0 Å². The second-order valence-electron chi connectivity index (χ2n) is 5.64. The lowest BCUT2D eigenvalue weighted by atomic mass is 10.3. The summed E-state index contributed by atoms with van der Waals surface area (Å²) >= 11 is 0. The van der Waals surface area contributed by atoms with E-state index in [-0.39, 0.29) is 12.2 Å². The first-order chi connectivity index (χ1) is 9.84. The average Bonchev–Trinajstić information content (AvgIpc) is 2.77. The Morgan fingerprint density at radius 3 is 2.52 bits per heavy atom. The molecule has 0 aliphatic carbocycles. The van der Waals surface area contributed by atoms with Crippen molar-refractivity contribution in [1.82, 2.24) is 14.2 Å². The molecule has 1 fully saturated rings. The predicted molar refractivity (Wildman–Crippen MR) is 81.6 cm³/mol. The highest BCUT2D eigenvalue weighted by Gasteiger charge is 2.32. The van der Waals surface area contributed by atoms with Gasteiger partial charge in [-0.25, -0.2) is 8.42 Å². The molecule has 0 aromatic carbocycles. The van der Waals surface area contributed by atoms with Crippen molar-refractivity contribution in [2.75, 3.05) is 19.6 Å². The van der Waals surface area contributed by atoms with Gasteiger partial charge in [-0.15, -0.1) is 0 Å². The van der Waals surface area contributed by atoms with Crippen molar-refractivity contribution in [3.05, 3.63) is 18.0 Å². The highest BCUT2D eigenvalue weighted by Crippen LogP contribution is 2.22. The molecule has 1 saturated heterocycles. The van der Waals surface area contributed by atoms with Crippen LogP contribution in [0.15, 0.2) is 17.2 Å². The molecule has 0 spiro atoms. The Bertz CT molecular complexity index is 572. The number of hydrogen-bond acceptors (Lipinski definition) is 4. The number of rotatable bonds is 5. The number of aryl methyl sites for hydroxylation is 1. The van der Waals surface area contributed by atoms with Crippen molar-refractivity contribution in [3.8, 4) is 0 Å². The Hall–Kier alpha value is -0.890. The number of ether oxygens (including phenoxy) is 1. The molecule has 2 atom stereocenters. The zero-order valence-corrected chi connectivity index (χ0v) is 14.0. The van der Waals surface area contributed by atoms with Gasteiger partial charge in [0.05, 0.1) is 12.2 Å². The highest BCUT2D eigenvalue weighted by atomic mass is 32.2. The summed E-state index contributed by atoms with van der Waals surface area (Å²) in [6, 6.07) is 1.75. The van der Waals surface area contributed by atoms with Crippen molar-refractivity contribution >= 4 is 10.0 Å². The fraction of sp³-hybridized carbons (Fsp3) is 0.714. The molecule has 0 radical (unpaired) electrons. The molecule has 120 valence electrons. The Labute approximate surface area is 127 Å². The first-order valence-electron chi connectivity index (χ1n) is 7.36. The summed E-state index contributed by atoms with van der Waals surface area (Å²) in [5.74, 6) is 0. The third-order valence-electron chi connectivity index (χ3n) is 3.66. The molecular weight excluding hydrogens is 290 g/mol. The molecule has 6 nitrogen and oxygen atoms in total. The Balaban J connectivity index is 2.23. The minimum atomic E-state index is -3.45.